The largest absolute Gasteiger partial charge is 0.444 e. The standard InChI is InChI=1S/C31H44N4O5/c1-7-8-9-12-18-35(29(38)25(20-26(32)36)34-30(39)40-31(4,5)6)27(23-16-13-14-21(2)19-23)28(37)33-24-17-11-10-15-22(24)3/h10-11,13-17,19,25,27H,7-9,12,18,20H2,1-6H3,(H2,32,36)(H,33,37)(H,34,39). The van der Waals surface area contributed by atoms with Gasteiger partial charge in [0.15, 0.2) is 0 Å². The number of nitrogens with one attached hydrogen (secondary N) is 2. The van der Waals surface area contributed by atoms with Gasteiger partial charge >= 0.3 is 6.09 Å². The lowest BCUT2D eigenvalue weighted by Crippen LogP contribution is -2.53. The Morgan fingerprint density at radius 3 is 2.27 bits per heavy atom. The minimum atomic E-state index is -1.31. The topological polar surface area (TPSA) is 131 Å². The number of rotatable bonds is 13. The number of nitrogens with zero attached hydrogens (tertiary/aromatic N) is 1. The van der Waals surface area contributed by atoms with Gasteiger partial charge < -0.3 is 26.0 Å². The van der Waals surface area contributed by atoms with Crippen molar-refractivity contribution in [2.24, 2.45) is 5.73 Å². The van der Waals surface area contributed by atoms with E-state index in [9.17, 15) is 19.2 Å². The molecule has 0 saturated carbocycles. The number of nitrogens with two attached hydrogens (primary N) is 1. The van der Waals surface area contributed by atoms with Crippen LogP contribution in [0.25, 0.3) is 0 Å². The molecule has 2 rings (SSSR count). The molecule has 40 heavy (non-hydrogen) atoms. The highest BCUT2D eigenvalue weighted by Crippen LogP contribution is 2.27. The Balaban J connectivity index is 2.55. The summed E-state index contributed by atoms with van der Waals surface area (Å²) in [4.78, 5) is 54.2. The number of amides is 4. The van der Waals surface area contributed by atoms with Crippen LogP contribution in [0.1, 0.15) is 82.5 Å². The fourth-order valence-electron chi connectivity index (χ4n) is 4.35. The first-order chi connectivity index (χ1) is 18.8. The molecule has 218 valence electrons. The van der Waals surface area contributed by atoms with Crippen molar-refractivity contribution < 1.29 is 23.9 Å². The quantitative estimate of drug-likeness (QED) is 0.296. The highest BCUT2D eigenvalue weighted by atomic mass is 16.6. The van der Waals surface area contributed by atoms with Gasteiger partial charge in [-0.25, -0.2) is 4.79 Å². The van der Waals surface area contributed by atoms with Crippen LogP contribution >= 0.6 is 0 Å². The average Bonchev–Trinajstić information content (AvgIpc) is 2.85. The molecule has 0 saturated heterocycles. The van der Waals surface area contributed by atoms with Crippen LogP contribution in [0.2, 0.25) is 0 Å². The van der Waals surface area contributed by atoms with E-state index in [-0.39, 0.29) is 6.54 Å². The first-order valence-corrected chi connectivity index (χ1v) is 13.8. The van der Waals surface area contributed by atoms with Crippen LogP contribution in [0.4, 0.5) is 10.5 Å². The molecule has 2 unspecified atom stereocenters. The molecule has 0 aliphatic heterocycles. The predicted molar refractivity (Wildman–Crippen MR) is 157 cm³/mol. The van der Waals surface area contributed by atoms with Gasteiger partial charge in [-0.15, -0.1) is 0 Å². The Kier molecular flexibility index (Phi) is 12.2. The first kappa shape index (κ1) is 32.3. The second-order valence-electron chi connectivity index (χ2n) is 11.1. The molecule has 0 aliphatic rings. The van der Waals surface area contributed by atoms with Gasteiger partial charge in [-0.2, -0.15) is 0 Å². The second-order valence-corrected chi connectivity index (χ2v) is 11.1. The molecular formula is C31H44N4O5. The highest BCUT2D eigenvalue weighted by molar-refractivity contribution is 6.00. The summed E-state index contributed by atoms with van der Waals surface area (Å²) in [5.41, 5.74) is 7.70. The lowest BCUT2D eigenvalue weighted by Gasteiger charge is -2.34. The van der Waals surface area contributed by atoms with E-state index < -0.39 is 47.9 Å². The van der Waals surface area contributed by atoms with Crippen LogP contribution < -0.4 is 16.4 Å². The summed E-state index contributed by atoms with van der Waals surface area (Å²) >= 11 is 0. The Morgan fingerprint density at radius 2 is 1.68 bits per heavy atom. The molecule has 0 aromatic heterocycles. The van der Waals surface area contributed by atoms with Crippen LogP contribution in [0.5, 0.6) is 0 Å². The highest BCUT2D eigenvalue weighted by Gasteiger charge is 2.37. The minimum absolute atomic E-state index is 0.240. The monoisotopic (exact) mass is 552 g/mol. The van der Waals surface area contributed by atoms with E-state index >= 15 is 0 Å². The van der Waals surface area contributed by atoms with Gasteiger partial charge in [-0.3, -0.25) is 14.4 Å². The van der Waals surface area contributed by atoms with E-state index in [0.717, 1.165) is 30.4 Å². The molecule has 0 radical (unpaired) electrons. The summed E-state index contributed by atoms with van der Waals surface area (Å²) in [6.45, 7) is 11.2. The zero-order valence-electron chi connectivity index (χ0n) is 24.6. The summed E-state index contributed by atoms with van der Waals surface area (Å²) < 4.78 is 5.34. The van der Waals surface area contributed by atoms with Crippen LogP contribution in [-0.4, -0.2) is 46.9 Å². The zero-order valence-corrected chi connectivity index (χ0v) is 24.6. The Morgan fingerprint density at radius 1 is 0.975 bits per heavy atom. The van der Waals surface area contributed by atoms with Crippen molar-refractivity contribution >= 4 is 29.5 Å². The second kappa shape index (κ2) is 15.1. The molecule has 4 N–H and O–H groups in total. The number of ether oxygens (including phenoxy) is 1. The summed E-state index contributed by atoms with van der Waals surface area (Å²) in [7, 11) is 0. The Hall–Kier alpha value is -3.88. The number of carbonyl (C=O) groups excluding carboxylic acids is 4. The van der Waals surface area contributed by atoms with E-state index in [1.807, 2.05) is 50.2 Å². The van der Waals surface area contributed by atoms with Gasteiger partial charge in [0.1, 0.15) is 17.7 Å². The number of unbranched alkanes of at least 4 members (excludes halogenated alkanes) is 3. The molecule has 2 atom stereocenters. The Bertz CT molecular complexity index is 1170. The molecule has 0 bridgehead atoms. The molecule has 9 heteroatoms. The summed E-state index contributed by atoms with van der Waals surface area (Å²) in [5.74, 6) is -1.76. The maximum Gasteiger partial charge on any atom is 0.408 e. The van der Waals surface area contributed by atoms with Crippen molar-refractivity contribution in [1.82, 2.24) is 10.2 Å². The van der Waals surface area contributed by atoms with Gasteiger partial charge in [0.25, 0.3) is 5.91 Å². The molecule has 2 aromatic carbocycles. The lowest BCUT2D eigenvalue weighted by molar-refractivity contribution is -0.142. The van der Waals surface area contributed by atoms with E-state index in [1.165, 1.54) is 4.90 Å². The summed E-state index contributed by atoms with van der Waals surface area (Å²) in [6.07, 6.45) is 2.15. The van der Waals surface area contributed by atoms with Gasteiger partial charge in [-0.1, -0.05) is 74.2 Å². The number of carbonyl (C=O) groups is 4. The Labute approximate surface area is 237 Å². The summed E-state index contributed by atoms with van der Waals surface area (Å²) in [5, 5.41) is 5.50. The molecule has 9 nitrogen and oxygen atoms in total. The number of primary amides is 1. The smallest absolute Gasteiger partial charge is 0.408 e. The van der Waals surface area contributed by atoms with Crippen molar-refractivity contribution in [3.05, 3.63) is 65.2 Å². The van der Waals surface area contributed by atoms with Gasteiger partial charge in [0.05, 0.1) is 6.42 Å². The molecule has 2 aromatic rings. The van der Waals surface area contributed by atoms with Gasteiger partial charge in [0, 0.05) is 12.2 Å². The molecular weight excluding hydrogens is 508 g/mol. The van der Waals surface area contributed by atoms with E-state index in [0.29, 0.717) is 17.7 Å². The third-order valence-corrected chi connectivity index (χ3v) is 6.25. The number of hydrogen-bond donors (Lipinski definition) is 3. The number of alkyl carbamates (subject to hydrolysis) is 1. The average molecular weight is 553 g/mol. The maximum atomic E-state index is 14.1. The van der Waals surface area contributed by atoms with Crippen LogP contribution in [0.3, 0.4) is 0 Å². The van der Waals surface area contributed by atoms with Crippen LogP contribution in [-0.2, 0) is 19.1 Å². The minimum Gasteiger partial charge on any atom is -0.444 e. The fourth-order valence-corrected chi connectivity index (χ4v) is 4.35. The number of para-hydroxylation sites is 1. The maximum absolute atomic E-state index is 14.1. The molecule has 0 heterocycles. The predicted octanol–water partition coefficient (Wildman–Crippen LogP) is 5.16. The normalized spacial score (nSPS) is 12.7. The lowest BCUT2D eigenvalue weighted by atomic mass is 9.99. The van der Waals surface area contributed by atoms with E-state index in [1.54, 1.807) is 32.9 Å². The first-order valence-electron chi connectivity index (χ1n) is 13.8. The van der Waals surface area contributed by atoms with Crippen LogP contribution in [0.15, 0.2) is 48.5 Å². The molecule has 0 spiro atoms. The van der Waals surface area contributed by atoms with E-state index in [2.05, 4.69) is 17.6 Å². The van der Waals surface area contributed by atoms with Crippen molar-refractivity contribution in [2.75, 3.05) is 11.9 Å². The van der Waals surface area contributed by atoms with E-state index in [4.69, 9.17) is 10.5 Å². The number of benzene rings is 2. The van der Waals surface area contributed by atoms with Crippen molar-refractivity contribution in [1.29, 1.82) is 0 Å². The summed E-state index contributed by atoms with van der Waals surface area (Å²) in [6, 6.07) is 12.5. The number of anilines is 1. The van der Waals surface area contributed by atoms with Gasteiger partial charge in [-0.05, 0) is 58.2 Å². The zero-order chi connectivity index (χ0) is 29.9. The third kappa shape index (κ3) is 10.4. The van der Waals surface area contributed by atoms with Crippen LogP contribution in [0, 0.1) is 13.8 Å². The fraction of sp³-hybridized carbons (Fsp3) is 0.484. The van der Waals surface area contributed by atoms with Crippen molar-refractivity contribution in [3.63, 3.8) is 0 Å². The number of hydrogen-bond acceptors (Lipinski definition) is 5. The molecule has 0 fully saturated rings. The van der Waals surface area contributed by atoms with Crippen molar-refractivity contribution in [3.8, 4) is 0 Å². The molecule has 0 aliphatic carbocycles. The SMILES string of the molecule is CCCCCCN(C(=O)C(CC(N)=O)NC(=O)OC(C)(C)C)C(C(=O)Nc1ccccc1C)c1cccc(C)c1. The van der Waals surface area contributed by atoms with Crippen molar-refractivity contribution in [2.45, 2.75) is 91.3 Å². The van der Waals surface area contributed by atoms with Gasteiger partial charge in [0.2, 0.25) is 11.8 Å². The molecule has 4 amide bonds. The third-order valence-electron chi connectivity index (χ3n) is 6.25. The number of aryl methyl sites for hydroxylation is 2.